The van der Waals surface area contributed by atoms with E-state index in [9.17, 15) is 9.90 Å². The first-order chi connectivity index (χ1) is 10.6. The van der Waals surface area contributed by atoms with E-state index in [1.807, 2.05) is 30.3 Å². The van der Waals surface area contributed by atoms with E-state index in [2.05, 4.69) is 5.32 Å². The summed E-state index contributed by atoms with van der Waals surface area (Å²) in [5, 5.41) is 13.4. The average Bonchev–Trinajstić information content (AvgIpc) is 2.53. The van der Waals surface area contributed by atoms with Gasteiger partial charge in [0.2, 0.25) is 5.76 Å². The zero-order chi connectivity index (χ0) is 15.5. The van der Waals surface area contributed by atoms with Crippen molar-refractivity contribution in [2.75, 3.05) is 0 Å². The maximum atomic E-state index is 12.2. The van der Waals surface area contributed by atoms with Crippen molar-refractivity contribution in [2.45, 2.75) is 12.5 Å². The number of carbonyl (C=O) groups is 1. The summed E-state index contributed by atoms with van der Waals surface area (Å²) in [4.78, 5) is 12.2. The van der Waals surface area contributed by atoms with Crippen LogP contribution in [0.1, 0.15) is 18.0 Å². The number of ether oxygens (including phenoxy) is 1. The van der Waals surface area contributed by atoms with Crippen LogP contribution in [0.4, 0.5) is 0 Å². The Morgan fingerprint density at radius 3 is 2.45 bits per heavy atom. The minimum atomic E-state index is -0.461. The number of halogens is 1. The third-order valence-electron chi connectivity index (χ3n) is 3.42. The van der Waals surface area contributed by atoms with Gasteiger partial charge in [-0.05, 0) is 17.7 Å². The lowest BCUT2D eigenvalue weighted by atomic mass is 9.99. The van der Waals surface area contributed by atoms with Crippen molar-refractivity contribution in [3.05, 3.63) is 76.7 Å². The monoisotopic (exact) mass is 315 g/mol. The van der Waals surface area contributed by atoms with Gasteiger partial charge in [-0.3, -0.25) is 4.79 Å². The summed E-state index contributed by atoms with van der Waals surface area (Å²) in [5.74, 6) is -0.325. The highest BCUT2D eigenvalue weighted by atomic mass is 35.5. The van der Waals surface area contributed by atoms with Gasteiger partial charge in [0.15, 0.2) is 0 Å². The number of benzene rings is 2. The minimum absolute atomic E-state index is 0.0856. The number of nitrogens with one attached hydrogen (secondary N) is 1. The van der Waals surface area contributed by atoms with Crippen molar-refractivity contribution >= 4 is 17.5 Å². The molecule has 1 aliphatic heterocycles. The van der Waals surface area contributed by atoms with Gasteiger partial charge in [0.25, 0.3) is 5.91 Å². The van der Waals surface area contributed by atoms with Crippen molar-refractivity contribution in [1.82, 2.24) is 5.32 Å². The molecule has 0 saturated carbocycles. The highest BCUT2D eigenvalue weighted by Crippen LogP contribution is 2.30. The molecular weight excluding hydrogens is 302 g/mol. The number of amides is 1. The summed E-state index contributed by atoms with van der Waals surface area (Å²) in [6.07, 6.45) is 0.273. The predicted molar refractivity (Wildman–Crippen MR) is 83.7 cm³/mol. The summed E-state index contributed by atoms with van der Waals surface area (Å²) < 4.78 is 5.48. The fraction of sp³-hybridized carbons (Fsp3) is 0.118. The normalized spacial score (nSPS) is 18.0. The van der Waals surface area contributed by atoms with Gasteiger partial charge >= 0.3 is 0 Å². The van der Waals surface area contributed by atoms with Crippen molar-refractivity contribution < 1.29 is 14.6 Å². The van der Waals surface area contributed by atoms with Crippen molar-refractivity contribution in [2.24, 2.45) is 0 Å². The molecule has 2 N–H and O–H groups in total. The van der Waals surface area contributed by atoms with Crippen LogP contribution in [-0.4, -0.2) is 11.0 Å². The Labute approximate surface area is 133 Å². The number of hydrogen-bond acceptors (Lipinski definition) is 3. The van der Waals surface area contributed by atoms with E-state index in [0.717, 1.165) is 5.56 Å². The zero-order valence-electron chi connectivity index (χ0n) is 11.6. The molecule has 0 radical (unpaired) electrons. The second kappa shape index (κ2) is 6.12. The summed E-state index contributed by atoms with van der Waals surface area (Å²) in [7, 11) is 0. The SMILES string of the molecule is O=C1NC(c2ccccc2)CC(O)=C1Oc1ccccc1Cl. The van der Waals surface area contributed by atoms with E-state index >= 15 is 0 Å². The van der Waals surface area contributed by atoms with E-state index in [-0.39, 0.29) is 24.0 Å². The fourth-order valence-corrected chi connectivity index (χ4v) is 2.50. The van der Waals surface area contributed by atoms with E-state index in [0.29, 0.717) is 10.8 Å². The molecule has 22 heavy (non-hydrogen) atoms. The summed E-state index contributed by atoms with van der Waals surface area (Å²) >= 11 is 6.00. The van der Waals surface area contributed by atoms with Crippen molar-refractivity contribution in [1.29, 1.82) is 0 Å². The van der Waals surface area contributed by atoms with E-state index in [1.54, 1.807) is 24.3 Å². The van der Waals surface area contributed by atoms with Crippen LogP contribution < -0.4 is 10.1 Å². The van der Waals surface area contributed by atoms with Crippen LogP contribution >= 0.6 is 11.6 Å². The lowest BCUT2D eigenvalue weighted by molar-refractivity contribution is -0.121. The molecule has 0 aliphatic carbocycles. The number of aliphatic hydroxyl groups is 1. The Kier molecular flexibility index (Phi) is 4.02. The van der Waals surface area contributed by atoms with Gasteiger partial charge in [-0.15, -0.1) is 0 Å². The molecule has 2 aromatic carbocycles. The molecular formula is C17H14ClNO3. The zero-order valence-corrected chi connectivity index (χ0v) is 12.4. The summed E-state index contributed by atoms with van der Waals surface area (Å²) in [5.41, 5.74) is 0.930. The Hall–Kier alpha value is -2.46. The minimum Gasteiger partial charge on any atom is -0.508 e. The first-order valence-electron chi connectivity index (χ1n) is 6.85. The maximum absolute atomic E-state index is 12.2. The van der Waals surface area contributed by atoms with Crippen molar-refractivity contribution in [3.63, 3.8) is 0 Å². The van der Waals surface area contributed by atoms with Gasteiger partial charge in [0.05, 0.1) is 11.1 Å². The van der Waals surface area contributed by atoms with Crippen LogP contribution in [0.5, 0.6) is 5.75 Å². The van der Waals surface area contributed by atoms with E-state index in [1.165, 1.54) is 0 Å². The van der Waals surface area contributed by atoms with Crippen LogP contribution in [0, 0.1) is 0 Å². The van der Waals surface area contributed by atoms with Gasteiger partial charge in [0, 0.05) is 6.42 Å². The Balaban J connectivity index is 1.84. The number of carbonyl (C=O) groups excluding carboxylic acids is 1. The summed E-state index contributed by atoms with van der Waals surface area (Å²) in [6.45, 7) is 0. The second-order valence-corrected chi connectivity index (χ2v) is 5.36. The third kappa shape index (κ3) is 2.92. The second-order valence-electron chi connectivity index (χ2n) is 4.95. The van der Waals surface area contributed by atoms with Crippen LogP contribution in [0.2, 0.25) is 5.02 Å². The first-order valence-corrected chi connectivity index (χ1v) is 7.23. The van der Waals surface area contributed by atoms with Crippen LogP contribution in [0.3, 0.4) is 0 Å². The third-order valence-corrected chi connectivity index (χ3v) is 3.73. The Bertz CT molecular complexity index is 728. The number of hydrogen-bond donors (Lipinski definition) is 2. The maximum Gasteiger partial charge on any atom is 0.291 e. The number of aliphatic hydroxyl groups excluding tert-OH is 1. The van der Waals surface area contributed by atoms with Gasteiger partial charge in [0.1, 0.15) is 11.5 Å². The lowest BCUT2D eigenvalue weighted by Crippen LogP contribution is -2.36. The molecule has 0 saturated heterocycles. The molecule has 1 unspecified atom stereocenters. The smallest absolute Gasteiger partial charge is 0.291 e. The molecule has 4 nitrogen and oxygen atoms in total. The summed E-state index contributed by atoms with van der Waals surface area (Å²) in [6, 6.07) is 16.0. The number of rotatable bonds is 3. The number of para-hydroxylation sites is 1. The van der Waals surface area contributed by atoms with E-state index < -0.39 is 5.91 Å². The van der Waals surface area contributed by atoms with Gasteiger partial charge in [-0.1, -0.05) is 54.1 Å². The molecule has 0 bridgehead atoms. The molecule has 5 heteroatoms. The van der Waals surface area contributed by atoms with Crippen LogP contribution in [0.25, 0.3) is 0 Å². The molecule has 112 valence electrons. The Morgan fingerprint density at radius 2 is 1.77 bits per heavy atom. The van der Waals surface area contributed by atoms with E-state index in [4.69, 9.17) is 16.3 Å². The highest BCUT2D eigenvalue weighted by Gasteiger charge is 2.30. The van der Waals surface area contributed by atoms with Gasteiger partial charge in [-0.25, -0.2) is 0 Å². The molecule has 0 aromatic heterocycles. The largest absolute Gasteiger partial charge is 0.508 e. The molecule has 2 aromatic rings. The lowest BCUT2D eigenvalue weighted by Gasteiger charge is -2.25. The molecule has 1 atom stereocenters. The van der Waals surface area contributed by atoms with Crippen molar-refractivity contribution in [3.8, 4) is 5.75 Å². The van der Waals surface area contributed by atoms with Crippen LogP contribution in [-0.2, 0) is 4.79 Å². The average molecular weight is 316 g/mol. The van der Waals surface area contributed by atoms with Gasteiger partial charge < -0.3 is 15.2 Å². The highest BCUT2D eigenvalue weighted by molar-refractivity contribution is 6.32. The molecule has 1 amide bonds. The molecule has 1 aliphatic rings. The molecule has 3 rings (SSSR count). The fourth-order valence-electron chi connectivity index (χ4n) is 2.32. The van der Waals surface area contributed by atoms with Crippen LogP contribution in [0.15, 0.2) is 66.1 Å². The molecule has 0 fully saturated rings. The topological polar surface area (TPSA) is 58.6 Å². The Morgan fingerprint density at radius 1 is 1.09 bits per heavy atom. The standard InChI is InChI=1S/C17H14ClNO3/c18-12-8-4-5-9-15(12)22-16-14(20)10-13(19-17(16)21)11-6-2-1-3-7-11/h1-9,13,20H,10H2,(H,19,21). The quantitative estimate of drug-likeness (QED) is 0.907. The van der Waals surface area contributed by atoms with Gasteiger partial charge in [-0.2, -0.15) is 0 Å². The molecule has 0 spiro atoms. The molecule has 1 heterocycles. The first kappa shape index (κ1) is 14.5. The predicted octanol–water partition coefficient (Wildman–Crippen LogP) is 3.75.